The number of aryl methyl sites for hydroxylation is 1. The third kappa shape index (κ3) is 7.41. The smallest absolute Gasteiger partial charge is 0.258 e. The van der Waals surface area contributed by atoms with Gasteiger partial charge in [0.05, 0.1) is 30.0 Å². The van der Waals surface area contributed by atoms with Crippen molar-refractivity contribution in [2.45, 2.75) is 32.0 Å². The van der Waals surface area contributed by atoms with Crippen LogP contribution in [0.2, 0.25) is 0 Å². The Kier molecular flexibility index (Phi) is 9.79. The summed E-state index contributed by atoms with van der Waals surface area (Å²) in [6.45, 7) is 2.11. The van der Waals surface area contributed by atoms with Crippen molar-refractivity contribution in [2.24, 2.45) is 0 Å². The SMILES string of the molecule is COc1cc2ccc1CNC(=O)COc1cccc(c1)-c1ccc(F)c(c1)C(=O)N[C@@H]1CN(C(=O)c3cnc(C)nc3-c3ccccc3)CC[C@@H]1O2. The van der Waals surface area contributed by atoms with Crippen LogP contribution < -0.4 is 24.8 Å². The minimum atomic E-state index is -0.743. The molecule has 12 heteroatoms. The van der Waals surface area contributed by atoms with E-state index in [1.165, 1.54) is 25.4 Å². The van der Waals surface area contributed by atoms with Crippen LogP contribution in [0.4, 0.5) is 4.39 Å². The number of hydrogen-bond donors (Lipinski definition) is 2. The molecule has 4 aromatic carbocycles. The van der Waals surface area contributed by atoms with E-state index in [4.69, 9.17) is 14.2 Å². The van der Waals surface area contributed by atoms with Gasteiger partial charge in [-0.3, -0.25) is 14.4 Å². The van der Waals surface area contributed by atoms with Crippen molar-refractivity contribution >= 4 is 17.7 Å². The monoisotopic (exact) mass is 701 g/mol. The van der Waals surface area contributed by atoms with Crippen LogP contribution >= 0.6 is 0 Å². The molecule has 2 atom stereocenters. The molecular formula is C40H36FN5O6. The Morgan fingerprint density at radius 3 is 2.58 bits per heavy atom. The Hall–Kier alpha value is -6.30. The second-order valence-corrected chi connectivity index (χ2v) is 12.6. The summed E-state index contributed by atoms with van der Waals surface area (Å²) in [6, 6.07) is 25.2. The van der Waals surface area contributed by atoms with Crippen molar-refractivity contribution in [3.05, 3.63) is 126 Å². The average molecular weight is 702 g/mol. The lowest BCUT2D eigenvalue weighted by atomic mass is 9.98. The van der Waals surface area contributed by atoms with Gasteiger partial charge in [0.15, 0.2) is 6.61 Å². The zero-order chi connectivity index (χ0) is 36.2. The van der Waals surface area contributed by atoms with Crippen molar-refractivity contribution in [1.82, 2.24) is 25.5 Å². The molecule has 6 bridgehead atoms. The summed E-state index contributed by atoms with van der Waals surface area (Å²) < 4.78 is 33.2. The first kappa shape index (κ1) is 34.2. The summed E-state index contributed by atoms with van der Waals surface area (Å²) in [5.74, 6) is -0.112. The number of carbonyl (C=O) groups excluding carboxylic acids is 3. The largest absolute Gasteiger partial charge is 0.496 e. The molecule has 0 spiro atoms. The molecule has 2 N–H and O–H groups in total. The van der Waals surface area contributed by atoms with Gasteiger partial charge >= 0.3 is 0 Å². The summed E-state index contributed by atoms with van der Waals surface area (Å²) in [7, 11) is 1.52. The highest BCUT2D eigenvalue weighted by molar-refractivity contribution is 6.00. The predicted molar refractivity (Wildman–Crippen MR) is 191 cm³/mol. The molecule has 3 aliphatic heterocycles. The second-order valence-electron chi connectivity index (χ2n) is 12.6. The molecular weight excluding hydrogens is 665 g/mol. The number of piperidine rings is 1. The molecule has 0 radical (unpaired) electrons. The first-order chi connectivity index (χ1) is 25.2. The van der Waals surface area contributed by atoms with Gasteiger partial charge < -0.3 is 29.7 Å². The molecule has 1 fully saturated rings. The van der Waals surface area contributed by atoms with E-state index in [1.54, 1.807) is 60.4 Å². The Morgan fingerprint density at radius 2 is 1.75 bits per heavy atom. The van der Waals surface area contributed by atoms with Gasteiger partial charge in [-0.05, 0) is 54.4 Å². The van der Waals surface area contributed by atoms with Gasteiger partial charge in [-0.1, -0.05) is 48.5 Å². The number of carbonyl (C=O) groups is 3. The number of nitrogens with one attached hydrogen (secondary N) is 2. The maximum Gasteiger partial charge on any atom is 0.258 e. The fourth-order valence-corrected chi connectivity index (χ4v) is 6.41. The molecule has 4 heterocycles. The number of rotatable bonds is 3. The maximum absolute atomic E-state index is 15.4. The van der Waals surface area contributed by atoms with E-state index in [9.17, 15) is 14.4 Å². The molecule has 1 saturated heterocycles. The normalized spacial score (nSPS) is 17.5. The Bertz CT molecular complexity index is 2150. The zero-order valence-corrected chi connectivity index (χ0v) is 28.6. The number of methoxy groups -OCH3 is 1. The number of benzene rings is 4. The molecule has 52 heavy (non-hydrogen) atoms. The number of aromatic nitrogens is 2. The molecule has 5 aromatic rings. The fraction of sp³-hybridized carbons (Fsp3) is 0.225. The van der Waals surface area contributed by atoms with E-state index in [2.05, 4.69) is 20.6 Å². The number of ether oxygens (including phenoxy) is 3. The van der Waals surface area contributed by atoms with E-state index in [1.807, 2.05) is 30.3 Å². The first-order valence-electron chi connectivity index (χ1n) is 16.9. The highest BCUT2D eigenvalue weighted by Crippen LogP contribution is 2.30. The lowest BCUT2D eigenvalue weighted by Gasteiger charge is -2.39. The van der Waals surface area contributed by atoms with Crippen LogP contribution in [0.25, 0.3) is 22.4 Å². The maximum atomic E-state index is 15.4. The van der Waals surface area contributed by atoms with Gasteiger partial charge in [0, 0.05) is 49.4 Å². The molecule has 0 unspecified atom stereocenters. The van der Waals surface area contributed by atoms with Gasteiger partial charge in [-0.15, -0.1) is 0 Å². The average Bonchev–Trinajstić information content (AvgIpc) is 3.17. The molecule has 0 aliphatic carbocycles. The minimum Gasteiger partial charge on any atom is -0.496 e. The fourth-order valence-electron chi connectivity index (χ4n) is 6.41. The molecule has 264 valence electrons. The third-order valence-electron chi connectivity index (χ3n) is 9.11. The van der Waals surface area contributed by atoms with E-state index < -0.39 is 23.9 Å². The summed E-state index contributed by atoms with van der Waals surface area (Å²) in [5, 5.41) is 5.83. The van der Waals surface area contributed by atoms with E-state index in [0.717, 1.165) is 5.56 Å². The topological polar surface area (TPSA) is 132 Å². The molecule has 8 rings (SSSR count). The van der Waals surface area contributed by atoms with Gasteiger partial charge in [-0.2, -0.15) is 0 Å². The van der Waals surface area contributed by atoms with Crippen LogP contribution in [0.1, 0.15) is 38.5 Å². The summed E-state index contributed by atoms with van der Waals surface area (Å²) in [6.07, 6.45) is 1.27. The number of halogens is 1. The summed E-state index contributed by atoms with van der Waals surface area (Å²) in [4.78, 5) is 51.3. The third-order valence-corrected chi connectivity index (χ3v) is 9.11. The minimum absolute atomic E-state index is 0.0687. The van der Waals surface area contributed by atoms with Crippen molar-refractivity contribution in [2.75, 3.05) is 26.8 Å². The van der Waals surface area contributed by atoms with Gasteiger partial charge in [0.25, 0.3) is 17.7 Å². The van der Waals surface area contributed by atoms with E-state index >= 15 is 4.39 Å². The number of likely N-dealkylation sites (tertiary alicyclic amines) is 1. The second kappa shape index (κ2) is 14.9. The lowest BCUT2D eigenvalue weighted by Crippen LogP contribution is -2.58. The van der Waals surface area contributed by atoms with Crippen molar-refractivity contribution in [3.63, 3.8) is 0 Å². The van der Waals surface area contributed by atoms with Crippen molar-refractivity contribution < 1.29 is 33.0 Å². The number of hydrogen-bond acceptors (Lipinski definition) is 8. The quantitative estimate of drug-likeness (QED) is 0.257. The predicted octanol–water partition coefficient (Wildman–Crippen LogP) is 5.37. The van der Waals surface area contributed by atoms with E-state index in [-0.39, 0.29) is 37.1 Å². The number of amides is 3. The highest BCUT2D eigenvalue weighted by Gasteiger charge is 2.36. The molecule has 3 amide bonds. The van der Waals surface area contributed by atoms with Gasteiger partial charge in [0.2, 0.25) is 0 Å². The van der Waals surface area contributed by atoms with E-state index in [0.29, 0.717) is 64.0 Å². The van der Waals surface area contributed by atoms with Crippen LogP contribution in [0, 0.1) is 12.7 Å². The lowest BCUT2D eigenvalue weighted by molar-refractivity contribution is -0.123. The van der Waals surface area contributed by atoms with Crippen LogP contribution in [-0.4, -0.2) is 71.5 Å². The molecule has 3 aliphatic rings. The first-order valence-corrected chi connectivity index (χ1v) is 16.9. The Balaban J connectivity index is 1.24. The van der Waals surface area contributed by atoms with Crippen molar-refractivity contribution in [1.29, 1.82) is 0 Å². The Labute approximate surface area is 299 Å². The van der Waals surface area contributed by atoms with Crippen LogP contribution in [0.3, 0.4) is 0 Å². The number of fused-ring (bicyclic) bond motifs is 7. The van der Waals surface area contributed by atoms with Crippen LogP contribution in [0.15, 0.2) is 97.2 Å². The zero-order valence-electron chi connectivity index (χ0n) is 28.6. The van der Waals surface area contributed by atoms with Crippen molar-refractivity contribution in [3.8, 4) is 39.6 Å². The molecule has 11 nitrogen and oxygen atoms in total. The van der Waals surface area contributed by atoms with Gasteiger partial charge in [0.1, 0.15) is 35.0 Å². The van der Waals surface area contributed by atoms with Crippen LogP contribution in [0.5, 0.6) is 17.2 Å². The Morgan fingerprint density at radius 1 is 0.942 bits per heavy atom. The van der Waals surface area contributed by atoms with Crippen LogP contribution in [-0.2, 0) is 11.3 Å². The molecule has 0 saturated carbocycles. The summed E-state index contributed by atoms with van der Waals surface area (Å²) >= 11 is 0. The molecule has 1 aromatic heterocycles. The highest BCUT2D eigenvalue weighted by atomic mass is 19.1. The standard InChI is InChI=1S/C40H36FN5O6/c1-24-42-21-32(38(44-24)25-7-4-3-5-8-25)40(49)46-16-15-35-34(22-46)45-39(48)31-18-27(12-14-33(31)41)26-9-6-10-29(17-26)51-23-37(47)43-20-28-11-13-30(52-35)19-36(28)50-2/h3-14,17-19,21,34-35H,15-16,20,22-23H2,1-2H3,(H,43,47)(H,45,48)/t34-,35+/m1/s1. The number of nitrogens with zero attached hydrogens (tertiary/aromatic N) is 3. The summed E-state index contributed by atoms with van der Waals surface area (Å²) in [5.41, 5.74) is 3.38. The van der Waals surface area contributed by atoms with Gasteiger partial charge in [-0.25, -0.2) is 14.4 Å².